The number of hydrogen-bond donors (Lipinski definition) is 0. The lowest BCUT2D eigenvalue weighted by atomic mass is 9.90. The Labute approximate surface area is 153 Å². The van der Waals surface area contributed by atoms with Gasteiger partial charge in [-0.15, -0.1) is 0 Å². The van der Waals surface area contributed by atoms with E-state index in [9.17, 15) is 9.59 Å². The summed E-state index contributed by atoms with van der Waals surface area (Å²) in [6.07, 6.45) is 1.62. The lowest BCUT2D eigenvalue weighted by molar-refractivity contribution is -0.134. The number of carbonyl (C=O) groups is 2. The van der Waals surface area contributed by atoms with Crippen LogP contribution in [0.15, 0.2) is 54.6 Å². The zero-order valence-electron chi connectivity index (χ0n) is 14.9. The van der Waals surface area contributed by atoms with E-state index in [4.69, 9.17) is 9.47 Å². The van der Waals surface area contributed by atoms with Gasteiger partial charge in [-0.25, -0.2) is 0 Å². The molecule has 2 aromatic rings. The number of likely N-dealkylation sites (tertiary alicyclic amines) is 1. The molecule has 5 heteroatoms. The second kappa shape index (κ2) is 8.52. The number of benzene rings is 2. The van der Waals surface area contributed by atoms with Gasteiger partial charge in [0.1, 0.15) is 11.5 Å². The fraction of sp³-hybridized carbons (Fsp3) is 0.333. The zero-order chi connectivity index (χ0) is 18.4. The maximum absolute atomic E-state index is 12.7. The third kappa shape index (κ3) is 4.42. The highest BCUT2D eigenvalue weighted by Gasteiger charge is 2.29. The van der Waals surface area contributed by atoms with Gasteiger partial charge in [-0.1, -0.05) is 18.2 Å². The number of para-hydroxylation sites is 1. The Balaban J connectivity index is 1.57. The maximum Gasteiger partial charge on any atom is 0.260 e. The summed E-state index contributed by atoms with van der Waals surface area (Å²) in [6, 6.07) is 16.4. The third-order valence-electron chi connectivity index (χ3n) is 4.62. The van der Waals surface area contributed by atoms with Crippen LogP contribution >= 0.6 is 0 Å². The Bertz CT molecular complexity index is 742. The second-order valence-electron chi connectivity index (χ2n) is 6.37. The average molecular weight is 353 g/mol. The minimum atomic E-state index is -0.169. The van der Waals surface area contributed by atoms with Crippen LogP contribution in [0.25, 0.3) is 0 Å². The number of hydrogen-bond acceptors (Lipinski definition) is 4. The van der Waals surface area contributed by atoms with E-state index >= 15 is 0 Å². The van der Waals surface area contributed by atoms with Crippen molar-refractivity contribution in [2.45, 2.75) is 12.8 Å². The quantitative estimate of drug-likeness (QED) is 0.749. The summed E-state index contributed by atoms with van der Waals surface area (Å²) in [5, 5.41) is 0. The van der Waals surface area contributed by atoms with Gasteiger partial charge in [0.25, 0.3) is 5.91 Å². The molecule has 3 rings (SSSR count). The largest absolute Gasteiger partial charge is 0.497 e. The van der Waals surface area contributed by atoms with Crippen LogP contribution in [0.4, 0.5) is 0 Å². The molecule has 1 aliphatic heterocycles. The molecule has 1 amide bonds. The molecule has 0 N–H and O–H groups in total. The van der Waals surface area contributed by atoms with Crippen LogP contribution in [0.3, 0.4) is 0 Å². The van der Waals surface area contributed by atoms with Crippen LogP contribution in [0.2, 0.25) is 0 Å². The van der Waals surface area contributed by atoms with Gasteiger partial charge in [-0.2, -0.15) is 0 Å². The van der Waals surface area contributed by atoms with Crippen molar-refractivity contribution >= 4 is 11.7 Å². The van der Waals surface area contributed by atoms with E-state index in [1.807, 2.05) is 30.3 Å². The molecule has 5 nitrogen and oxygen atoms in total. The number of carbonyl (C=O) groups excluding carboxylic acids is 2. The van der Waals surface area contributed by atoms with Gasteiger partial charge in [0, 0.05) is 24.6 Å². The first kappa shape index (κ1) is 18.0. The Hall–Kier alpha value is -2.82. The molecule has 1 fully saturated rings. The summed E-state index contributed by atoms with van der Waals surface area (Å²) in [7, 11) is 1.60. The van der Waals surface area contributed by atoms with E-state index in [1.54, 1.807) is 36.3 Å². The molecule has 0 spiro atoms. The van der Waals surface area contributed by atoms with Crippen LogP contribution in [0, 0.1) is 5.92 Å². The number of Topliss-reactive ketones (excluding diaryl/α,β-unsaturated/α-hetero) is 1. The highest BCUT2D eigenvalue weighted by Crippen LogP contribution is 2.22. The summed E-state index contributed by atoms with van der Waals surface area (Å²) in [6.45, 7) is 1.11. The van der Waals surface area contributed by atoms with Crippen molar-refractivity contribution in [2.75, 3.05) is 26.8 Å². The van der Waals surface area contributed by atoms with Crippen molar-refractivity contribution in [2.24, 2.45) is 5.92 Å². The van der Waals surface area contributed by atoms with Crippen LogP contribution in [-0.2, 0) is 4.79 Å². The van der Waals surface area contributed by atoms with E-state index < -0.39 is 0 Å². The molecule has 0 radical (unpaired) electrons. The molecule has 1 saturated heterocycles. The monoisotopic (exact) mass is 353 g/mol. The van der Waals surface area contributed by atoms with E-state index in [1.165, 1.54) is 0 Å². The minimum absolute atomic E-state index is 0.00649. The molecular weight excluding hydrogens is 330 g/mol. The topological polar surface area (TPSA) is 55.8 Å². The number of ketones is 1. The van der Waals surface area contributed by atoms with Crippen LogP contribution in [0.1, 0.15) is 23.2 Å². The lowest BCUT2D eigenvalue weighted by Crippen LogP contribution is -2.44. The fourth-order valence-corrected chi connectivity index (χ4v) is 3.16. The summed E-state index contributed by atoms with van der Waals surface area (Å²) < 4.78 is 10.7. The van der Waals surface area contributed by atoms with Gasteiger partial charge in [-0.05, 0) is 49.2 Å². The molecule has 2 aromatic carbocycles. The first-order valence-electron chi connectivity index (χ1n) is 8.81. The normalized spacial score (nSPS) is 16.8. The van der Waals surface area contributed by atoms with E-state index in [2.05, 4.69) is 0 Å². The second-order valence-corrected chi connectivity index (χ2v) is 6.37. The van der Waals surface area contributed by atoms with Crippen molar-refractivity contribution in [1.82, 2.24) is 4.90 Å². The summed E-state index contributed by atoms with van der Waals surface area (Å²) in [5.74, 6) is 1.22. The third-order valence-corrected chi connectivity index (χ3v) is 4.62. The van der Waals surface area contributed by atoms with Crippen LogP contribution in [-0.4, -0.2) is 43.4 Å². The molecule has 1 unspecified atom stereocenters. The smallest absolute Gasteiger partial charge is 0.260 e. The van der Waals surface area contributed by atoms with E-state index in [-0.39, 0.29) is 24.2 Å². The Morgan fingerprint density at radius 3 is 2.46 bits per heavy atom. The number of methoxy groups -OCH3 is 1. The first-order chi connectivity index (χ1) is 12.7. The van der Waals surface area contributed by atoms with E-state index in [0.717, 1.165) is 18.6 Å². The lowest BCUT2D eigenvalue weighted by Gasteiger charge is -2.32. The van der Waals surface area contributed by atoms with Crippen molar-refractivity contribution < 1.29 is 19.1 Å². The molecule has 1 atom stereocenters. The SMILES string of the molecule is COc1ccc(C(=O)C2CCCN(C(=O)COc3ccccc3)C2)cc1. The van der Waals surface area contributed by atoms with Crippen molar-refractivity contribution in [1.29, 1.82) is 0 Å². The van der Waals surface area contributed by atoms with Crippen LogP contribution in [0.5, 0.6) is 11.5 Å². The Kier molecular flexibility index (Phi) is 5.89. The van der Waals surface area contributed by atoms with Crippen LogP contribution < -0.4 is 9.47 Å². The molecule has 26 heavy (non-hydrogen) atoms. The van der Waals surface area contributed by atoms with Crippen molar-refractivity contribution in [3.63, 3.8) is 0 Å². The molecule has 1 heterocycles. The minimum Gasteiger partial charge on any atom is -0.497 e. The Morgan fingerprint density at radius 2 is 1.77 bits per heavy atom. The molecule has 1 aliphatic rings. The standard InChI is InChI=1S/C21H23NO4/c1-25-18-11-9-16(10-12-18)21(24)17-6-5-13-22(14-17)20(23)15-26-19-7-3-2-4-8-19/h2-4,7-12,17H,5-6,13-15H2,1H3. The number of nitrogens with zero attached hydrogens (tertiary/aromatic N) is 1. The number of amides is 1. The molecule has 0 saturated carbocycles. The summed E-state index contributed by atoms with van der Waals surface area (Å²) in [5.41, 5.74) is 0.658. The van der Waals surface area contributed by atoms with E-state index in [0.29, 0.717) is 24.4 Å². The molecule has 0 aliphatic carbocycles. The molecular formula is C21H23NO4. The highest BCUT2D eigenvalue weighted by atomic mass is 16.5. The average Bonchev–Trinajstić information content (AvgIpc) is 2.72. The first-order valence-corrected chi connectivity index (χ1v) is 8.81. The molecule has 0 bridgehead atoms. The van der Waals surface area contributed by atoms with Gasteiger partial charge >= 0.3 is 0 Å². The number of rotatable bonds is 6. The van der Waals surface area contributed by atoms with Gasteiger partial charge in [0.05, 0.1) is 7.11 Å². The van der Waals surface area contributed by atoms with Crippen molar-refractivity contribution in [3.05, 3.63) is 60.2 Å². The predicted molar refractivity (Wildman–Crippen MR) is 98.6 cm³/mol. The number of piperidine rings is 1. The fourth-order valence-electron chi connectivity index (χ4n) is 3.16. The predicted octanol–water partition coefficient (Wildman–Crippen LogP) is 3.20. The zero-order valence-corrected chi connectivity index (χ0v) is 14.9. The van der Waals surface area contributed by atoms with Crippen molar-refractivity contribution in [3.8, 4) is 11.5 Å². The summed E-state index contributed by atoms with van der Waals surface area (Å²) >= 11 is 0. The molecule has 0 aromatic heterocycles. The maximum atomic E-state index is 12.7. The van der Waals surface area contributed by atoms with Gasteiger partial charge in [0.15, 0.2) is 12.4 Å². The van der Waals surface area contributed by atoms with Gasteiger partial charge in [-0.3, -0.25) is 9.59 Å². The Morgan fingerprint density at radius 1 is 1.04 bits per heavy atom. The number of ether oxygens (including phenoxy) is 2. The summed E-state index contributed by atoms with van der Waals surface area (Å²) in [4.78, 5) is 26.9. The van der Waals surface area contributed by atoms with Gasteiger partial charge < -0.3 is 14.4 Å². The van der Waals surface area contributed by atoms with Gasteiger partial charge in [0.2, 0.25) is 0 Å². The molecule has 136 valence electrons. The highest BCUT2D eigenvalue weighted by molar-refractivity contribution is 5.98.